The summed E-state index contributed by atoms with van der Waals surface area (Å²) in [6.45, 7) is 2.32. The normalized spacial score (nSPS) is 22.1. The van der Waals surface area contributed by atoms with Gasteiger partial charge in [0.25, 0.3) is 0 Å². The third-order valence-corrected chi connectivity index (χ3v) is 12.5. The summed E-state index contributed by atoms with van der Waals surface area (Å²) in [6.07, 6.45) is 24.7. The Morgan fingerprint density at radius 2 is 0.956 bits per heavy atom. The molecule has 0 radical (unpaired) electrons. The van der Waals surface area contributed by atoms with E-state index in [2.05, 4.69) is 67.0 Å². The number of rotatable bonds is 42. The smallest absolute Gasteiger partial charge is 0.462 e. The van der Waals surface area contributed by atoms with Crippen molar-refractivity contribution in [1.82, 2.24) is 0 Å². The number of aliphatic hydroxyl groups excluding tert-OH is 5. The van der Waals surface area contributed by atoms with E-state index in [4.69, 9.17) is 33.0 Å². The molecule has 5 unspecified atom stereocenters. The van der Waals surface area contributed by atoms with Gasteiger partial charge in [0.15, 0.2) is 6.10 Å². The minimum absolute atomic E-state index is 0.104. The Labute approximate surface area is 405 Å². The van der Waals surface area contributed by atoms with Crippen LogP contribution in [0.1, 0.15) is 168 Å². The maximum atomic E-state index is 12.8. The maximum absolute atomic E-state index is 12.8. The lowest BCUT2D eigenvalue weighted by molar-refractivity contribution is -0.216. The minimum atomic E-state index is -5.37. The van der Waals surface area contributed by atoms with Crippen LogP contribution in [0.5, 0.6) is 0 Å². The third kappa shape index (κ3) is 33.5. The number of aliphatic hydroxyl groups is 5. The second kappa shape index (κ2) is 39.5. The van der Waals surface area contributed by atoms with Gasteiger partial charge in [0.1, 0.15) is 49.3 Å². The number of hydrogen-bond donors (Lipinski definition) is 8. The molecule has 0 aromatic carbocycles. The van der Waals surface area contributed by atoms with Gasteiger partial charge in [-0.2, -0.15) is 0 Å². The van der Waals surface area contributed by atoms with E-state index in [0.717, 1.165) is 70.6 Å². The number of ether oxygens (including phenoxy) is 3. The molecule has 0 aliphatic heterocycles. The molecular weight excluding hydrogens is 926 g/mol. The van der Waals surface area contributed by atoms with E-state index in [-0.39, 0.29) is 26.1 Å². The molecule has 18 nitrogen and oxygen atoms in total. The molecule has 1 saturated carbocycles. The highest BCUT2D eigenvalue weighted by atomic mass is 31.2. The zero-order valence-corrected chi connectivity index (χ0v) is 42.4. The van der Waals surface area contributed by atoms with Crippen molar-refractivity contribution in [2.75, 3.05) is 26.4 Å². The second-order valence-corrected chi connectivity index (χ2v) is 19.9. The Kier molecular flexibility index (Phi) is 37.1. The first-order valence-electron chi connectivity index (χ1n) is 24.8. The third-order valence-electron chi connectivity index (χ3n) is 11.0. The number of allylic oxidation sites excluding steroid dienone is 8. The van der Waals surface area contributed by atoms with Gasteiger partial charge in [0.05, 0.1) is 19.8 Å². The van der Waals surface area contributed by atoms with Gasteiger partial charge in [-0.25, -0.2) is 9.13 Å². The number of unbranched alkanes of at least 4 members (excludes halogenated alkanes) is 16. The molecule has 68 heavy (non-hydrogen) atoms. The molecule has 0 bridgehead atoms. The van der Waals surface area contributed by atoms with Crippen molar-refractivity contribution < 1.29 is 86.7 Å². The molecule has 0 amide bonds. The number of carbonyl (C=O) groups is 2. The van der Waals surface area contributed by atoms with Gasteiger partial charge in [-0.15, -0.1) is 0 Å². The predicted molar refractivity (Wildman–Crippen MR) is 258 cm³/mol. The first kappa shape index (κ1) is 63.9. The molecule has 0 aromatic rings. The van der Waals surface area contributed by atoms with Crippen molar-refractivity contribution in [2.45, 2.75) is 217 Å². The molecule has 1 aliphatic carbocycles. The molecule has 396 valence electrons. The summed E-state index contributed by atoms with van der Waals surface area (Å²) >= 11 is 0. The summed E-state index contributed by atoms with van der Waals surface area (Å²) in [5, 5.41) is 51.2. The van der Waals surface area contributed by atoms with Crippen molar-refractivity contribution in [2.24, 2.45) is 0 Å². The SMILES string of the molecule is CCCCC/C=C\C/C=C\C/C=C\CCCCC(=O)O[C@@H](COC[C@@H](O)COP(=O)(O)O[C@H]1C(O)C(O)C(O)[C@@H](OP(=O)(O)O)C1O)COC(=O)CCCCCCC/C=C\CCCCCCCC. The number of carbonyl (C=O) groups excluding carboxylic acids is 2. The standard InChI is InChI=1S/C48H86O18P2/c1-3-5-7-9-11-13-15-17-19-21-23-25-27-29-31-33-41(50)62-38-40(64-42(51)34-32-30-28-26-24-22-20-18-16-14-12-10-8-6-4-2)37-61-35-39(49)36-63-68(59,60)66-48-45(54)43(52)44(53)47(46(48)55)65-67(56,57)58/h12,14,17-20,24,26,39-40,43-49,52-55H,3-11,13,15-16,21-23,25,27-38H2,1-2H3,(H,59,60)(H2,56,57,58)/b14-12-,19-17-,20-18-,26-24-/t39-,40+,43?,44?,45?,46?,47-,48+/m1/s1. The van der Waals surface area contributed by atoms with Crippen LogP contribution in [0.4, 0.5) is 0 Å². The van der Waals surface area contributed by atoms with Gasteiger partial charge in [0.2, 0.25) is 0 Å². The molecule has 0 spiro atoms. The lowest BCUT2D eigenvalue weighted by Gasteiger charge is -2.43. The molecule has 9 atom stereocenters. The van der Waals surface area contributed by atoms with E-state index in [1.165, 1.54) is 57.8 Å². The molecule has 8 N–H and O–H groups in total. The molecular formula is C48H86O18P2. The van der Waals surface area contributed by atoms with Gasteiger partial charge >= 0.3 is 27.6 Å². The van der Waals surface area contributed by atoms with Gasteiger partial charge in [-0.05, 0) is 77.0 Å². The van der Waals surface area contributed by atoms with Gasteiger partial charge < -0.3 is 54.4 Å². The van der Waals surface area contributed by atoms with E-state index >= 15 is 0 Å². The monoisotopic (exact) mass is 1010 g/mol. The van der Waals surface area contributed by atoms with Crippen LogP contribution in [-0.2, 0) is 46.5 Å². The Balaban J connectivity index is 2.60. The largest absolute Gasteiger partial charge is 0.472 e. The molecule has 0 saturated heterocycles. The minimum Gasteiger partial charge on any atom is -0.462 e. The summed E-state index contributed by atoms with van der Waals surface area (Å²) in [5.74, 6) is -1.01. The number of hydrogen-bond acceptors (Lipinski definition) is 15. The molecule has 0 aromatic heterocycles. The fraction of sp³-hybridized carbons (Fsp3) is 0.792. The van der Waals surface area contributed by atoms with Crippen LogP contribution >= 0.6 is 15.6 Å². The Morgan fingerprint density at radius 1 is 0.515 bits per heavy atom. The molecule has 1 aliphatic rings. The molecule has 0 heterocycles. The fourth-order valence-electron chi connectivity index (χ4n) is 7.12. The molecule has 1 rings (SSSR count). The van der Waals surface area contributed by atoms with Crippen LogP contribution in [0.15, 0.2) is 48.6 Å². The quantitative estimate of drug-likeness (QED) is 0.0125. The summed E-state index contributed by atoms with van der Waals surface area (Å²) in [7, 11) is -10.6. The first-order valence-corrected chi connectivity index (χ1v) is 27.9. The highest BCUT2D eigenvalue weighted by molar-refractivity contribution is 7.47. The topological polar surface area (TPSA) is 285 Å². The van der Waals surface area contributed by atoms with Crippen molar-refractivity contribution in [3.05, 3.63) is 48.6 Å². The number of phosphoric ester groups is 2. The van der Waals surface area contributed by atoms with Gasteiger partial charge in [0, 0.05) is 12.8 Å². The highest BCUT2D eigenvalue weighted by Gasteiger charge is 2.54. The maximum Gasteiger partial charge on any atom is 0.472 e. The van der Waals surface area contributed by atoms with Crippen molar-refractivity contribution in [3.8, 4) is 0 Å². The molecule has 20 heteroatoms. The van der Waals surface area contributed by atoms with Crippen LogP contribution in [0.2, 0.25) is 0 Å². The van der Waals surface area contributed by atoms with Crippen LogP contribution in [-0.4, -0.2) is 127 Å². The average molecular weight is 1010 g/mol. The summed E-state index contributed by atoms with van der Waals surface area (Å²) in [5.41, 5.74) is 0. The van der Waals surface area contributed by atoms with Crippen molar-refractivity contribution in [1.29, 1.82) is 0 Å². The predicted octanol–water partition coefficient (Wildman–Crippen LogP) is 7.88. The van der Waals surface area contributed by atoms with E-state index in [1.54, 1.807) is 0 Å². The Hall–Kier alpha value is -2.12. The van der Waals surface area contributed by atoms with Gasteiger partial charge in [-0.3, -0.25) is 23.2 Å². The number of phosphoric acid groups is 2. The van der Waals surface area contributed by atoms with E-state index in [9.17, 15) is 49.1 Å². The Bertz CT molecular complexity index is 1520. The highest BCUT2D eigenvalue weighted by Crippen LogP contribution is 2.48. The van der Waals surface area contributed by atoms with Crippen molar-refractivity contribution in [3.63, 3.8) is 0 Å². The van der Waals surface area contributed by atoms with Crippen LogP contribution in [0, 0.1) is 0 Å². The Morgan fingerprint density at radius 3 is 1.53 bits per heavy atom. The average Bonchev–Trinajstić information content (AvgIpc) is 3.29. The zero-order chi connectivity index (χ0) is 50.5. The molecule has 1 fully saturated rings. The summed E-state index contributed by atoms with van der Waals surface area (Å²) < 4.78 is 54.2. The fourth-order valence-corrected chi connectivity index (χ4v) is 8.66. The van der Waals surface area contributed by atoms with Crippen molar-refractivity contribution >= 4 is 27.6 Å². The van der Waals surface area contributed by atoms with Crippen LogP contribution in [0.25, 0.3) is 0 Å². The first-order chi connectivity index (χ1) is 32.5. The van der Waals surface area contributed by atoms with Crippen LogP contribution in [0.3, 0.4) is 0 Å². The second-order valence-electron chi connectivity index (χ2n) is 17.3. The van der Waals surface area contributed by atoms with E-state index in [1.807, 2.05) is 0 Å². The zero-order valence-electron chi connectivity index (χ0n) is 40.6. The summed E-state index contributed by atoms with van der Waals surface area (Å²) in [4.78, 5) is 53.8. The van der Waals surface area contributed by atoms with Gasteiger partial charge in [-0.1, -0.05) is 127 Å². The summed E-state index contributed by atoms with van der Waals surface area (Å²) in [6, 6.07) is 0. The lowest BCUT2D eigenvalue weighted by Crippen LogP contribution is -2.64. The van der Waals surface area contributed by atoms with E-state index < -0.39 is 89.6 Å². The lowest BCUT2D eigenvalue weighted by atomic mass is 9.85. The van der Waals surface area contributed by atoms with E-state index in [0.29, 0.717) is 12.8 Å². The van der Waals surface area contributed by atoms with Crippen LogP contribution < -0.4 is 0 Å². The number of esters is 2.